The molecule has 118 valence electrons. The van der Waals surface area contributed by atoms with Crippen molar-refractivity contribution in [2.75, 3.05) is 14.2 Å². The summed E-state index contributed by atoms with van der Waals surface area (Å²) in [6, 6.07) is 15.5. The number of ether oxygens (including phenoxy) is 3. The van der Waals surface area contributed by atoms with E-state index in [0.717, 1.165) is 6.26 Å². The van der Waals surface area contributed by atoms with Gasteiger partial charge >= 0.3 is 5.97 Å². The van der Waals surface area contributed by atoms with E-state index in [4.69, 9.17) is 9.47 Å². The molecule has 2 rings (SSSR count). The largest absolute Gasteiger partial charge is 0.500 e. The van der Waals surface area contributed by atoms with Gasteiger partial charge in [0.25, 0.3) is 0 Å². The van der Waals surface area contributed by atoms with Crippen molar-refractivity contribution in [2.24, 2.45) is 0 Å². The third-order valence-corrected chi connectivity index (χ3v) is 2.97. The van der Waals surface area contributed by atoms with E-state index in [-0.39, 0.29) is 11.5 Å². The predicted molar refractivity (Wildman–Crippen MR) is 84.1 cm³/mol. The van der Waals surface area contributed by atoms with Gasteiger partial charge in [-0.05, 0) is 12.1 Å². The van der Waals surface area contributed by atoms with Crippen molar-refractivity contribution in [3.8, 4) is 5.75 Å². The Kier molecular flexibility index (Phi) is 5.52. The fourth-order valence-electron chi connectivity index (χ4n) is 1.91. The zero-order valence-electron chi connectivity index (χ0n) is 12.8. The lowest BCUT2D eigenvalue weighted by Gasteiger charge is -2.09. The molecule has 0 aromatic heterocycles. The molecule has 5 heteroatoms. The molecule has 0 N–H and O–H groups in total. The van der Waals surface area contributed by atoms with Crippen molar-refractivity contribution in [1.29, 1.82) is 0 Å². The lowest BCUT2D eigenvalue weighted by molar-refractivity contribution is -0.138. The van der Waals surface area contributed by atoms with Crippen LogP contribution in [0.2, 0.25) is 0 Å². The zero-order valence-corrected chi connectivity index (χ0v) is 12.8. The molecule has 0 amide bonds. The monoisotopic (exact) mass is 312 g/mol. The van der Waals surface area contributed by atoms with E-state index in [1.165, 1.54) is 14.2 Å². The van der Waals surface area contributed by atoms with E-state index in [2.05, 4.69) is 4.74 Å². The molecule has 0 radical (unpaired) electrons. The first-order valence-electron chi connectivity index (χ1n) is 6.84. The van der Waals surface area contributed by atoms with Crippen molar-refractivity contribution in [3.05, 3.63) is 77.7 Å². The summed E-state index contributed by atoms with van der Waals surface area (Å²) in [5, 5.41) is 0. The second-order valence-electron chi connectivity index (χ2n) is 4.53. The summed E-state index contributed by atoms with van der Waals surface area (Å²) in [5.74, 6) is -0.585. The fourth-order valence-corrected chi connectivity index (χ4v) is 1.91. The van der Waals surface area contributed by atoms with Gasteiger partial charge in [-0.25, -0.2) is 4.79 Å². The van der Waals surface area contributed by atoms with E-state index in [1.807, 2.05) is 6.07 Å². The smallest absolute Gasteiger partial charge is 0.377 e. The van der Waals surface area contributed by atoms with Crippen LogP contribution in [0.4, 0.5) is 0 Å². The van der Waals surface area contributed by atoms with Gasteiger partial charge in [0.15, 0.2) is 5.78 Å². The molecule has 0 fully saturated rings. The highest BCUT2D eigenvalue weighted by molar-refractivity contribution is 6.09. The second-order valence-corrected chi connectivity index (χ2v) is 4.53. The summed E-state index contributed by atoms with van der Waals surface area (Å²) in [6.45, 7) is 0. The second kappa shape index (κ2) is 7.79. The Hall–Kier alpha value is -3.08. The number of benzene rings is 2. The van der Waals surface area contributed by atoms with Gasteiger partial charge in [0.2, 0.25) is 5.76 Å². The molecule has 0 aliphatic heterocycles. The van der Waals surface area contributed by atoms with Crippen LogP contribution in [0, 0.1) is 0 Å². The number of esters is 1. The van der Waals surface area contributed by atoms with Gasteiger partial charge in [-0.15, -0.1) is 0 Å². The summed E-state index contributed by atoms with van der Waals surface area (Å²) < 4.78 is 14.8. The van der Waals surface area contributed by atoms with Crippen LogP contribution >= 0.6 is 0 Å². The van der Waals surface area contributed by atoms with Gasteiger partial charge in [-0.1, -0.05) is 42.5 Å². The van der Waals surface area contributed by atoms with Crippen molar-refractivity contribution < 1.29 is 23.8 Å². The quantitative estimate of drug-likeness (QED) is 0.355. The SMILES string of the molecule is CO/C=C(\Oc1cccc(C(=O)c2ccccc2)c1)C(=O)OC. The number of ketones is 1. The molecule has 0 aliphatic rings. The maximum Gasteiger partial charge on any atom is 0.377 e. The summed E-state index contributed by atoms with van der Waals surface area (Å²) in [5.41, 5.74) is 1.03. The van der Waals surface area contributed by atoms with Crippen LogP contribution in [0.1, 0.15) is 15.9 Å². The van der Waals surface area contributed by atoms with Crippen LogP contribution in [0.15, 0.2) is 66.6 Å². The third kappa shape index (κ3) is 4.20. The molecule has 0 spiro atoms. The number of hydrogen-bond donors (Lipinski definition) is 0. The Labute approximate surface area is 134 Å². The molecule has 0 saturated heterocycles. The lowest BCUT2D eigenvalue weighted by atomic mass is 10.0. The Balaban J connectivity index is 2.24. The number of hydrogen-bond acceptors (Lipinski definition) is 5. The molecule has 0 bridgehead atoms. The number of carbonyl (C=O) groups excluding carboxylic acids is 2. The first kappa shape index (κ1) is 16.3. The fraction of sp³-hybridized carbons (Fsp3) is 0.111. The molecule has 0 heterocycles. The van der Waals surface area contributed by atoms with Gasteiger partial charge < -0.3 is 14.2 Å². The third-order valence-electron chi connectivity index (χ3n) is 2.97. The standard InChI is InChI=1S/C18H16O5/c1-21-12-16(18(20)22-2)23-15-10-6-9-14(11-15)17(19)13-7-4-3-5-8-13/h3-12H,1-2H3/b16-12-. The van der Waals surface area contributed by atoms with Gasteiger partial charge in [-0.3, -0.25) is 4.79 Å². The predicted octanol–water partition coefficient (Wildman–Crippen LogP) is 2.96. The maximum atomic E-state index is 12.4. The van der Waals surface area contributed by atoms with Crippen LogP contribution in [-0.4, -0.2) is 26.0 Å². The molecule has 0 saturated carbocycles. The highest BCUT2D eigenvalue weighted by Crippen LogP contribution is 2.19. The summed E-state index contributed by atoms with van der Waals surface area (Å²) in [7, 11) is 2.63. The first-order chi connectivity index (χ1) is 11.2. The van der Waals surface area contributed by atoms with Gasteiger partial charge in [0, 0.05) is 11.1 Å². The Morgan fingerprint density at radius 2 is 1.61 bits per heavy atom. The highest BCUT2D eigenvalue weighted by Gasteiger charge is 2.15. The van der Waals surface area contributed by atoms with Crippen LogP contribution in [0.5, 0.6) is 5.75 Å². The van der Waals surface area contributed by atoms with E-state index < -0.39 is 5.97 Å². The minimum absolute atomic E-state index is 0.112. The zero-order chi connectivity index (χ0) is 16.7. The number of carbonyl (C=O) groups is 2. The van der Waals surface area contributed by atoms with E-state index in [1.54, 1.807) is 48.5 Å². The Bertz CT molecular complexity index is 719. The average Bonchev–Trinajstić information content (AvgIpc) is 2.61. The number of methoxy groups -OCH3 is 2. The van der Waals surface area contributed by atoms with Gasteiger partial charge in [-0.2, -0.15) is 0 Å². The van der Waals surface area contributed by atoms with Gasteiger partial charge in [0.1, 0.15) is 12.0 Å². The normalized spacial score (nSPS) is 10.8. The van der Waals surface area contributed by atoms with E-state index >= 15 is 0 Å². The topological polar surface area (TPSA) is 61.8 Å². The van der Waals surface area contributed by atoms with Crippen molar-refractivity contribution in [1.82, 2.24) is 0 Å². The lowest BCUT2D eigenvalue weighted by Crippen LogP contribution is -2.11. The Morgan fingerprint density at radius 1 is 0.913 bits per heavy atom. The molecular formula is C18H16O5. The summed E-state index contributed by atoms with van der Waals surface area (Å²) >= 11 is 0. The van der Waals surface area contributed by atoms with Crippen LogP contribution < -0.4 is 4.74 Å². The molecule has 0 unspecified atom stereocenters. The summed E-state index contributed by atoms with van der Waals surface area (Å²) in [4.78, 5) is 24.0. The van der Waals surface area contributed by atoms with Crippen LogP contribution in [-0.2, 0) is 14.3 Å². The number of rotatable bonds is 6. The highest BCUT2D eigenvalue weighted by atomic mass is 16.6. The van der Waals surface area contributed by atoms with Crippen LogP contribution in [0.3, 0.4) is 0 Å². The molecule has 23 heavy (non-hydrogen) atoms. The van der Waals surface area contributed by atoms with Crippen molar-refractivity contribution >= 4 is 11.8 Å². The van der Waals surface area contributed by atoms with E-state index in [9.17, 15) is 9.59 Å². The van der Waals surface area contributed by atoms with Crippen LogP contribution in [0.25, 0.3) is 0 Å². The Morgan fingerprint density at radius 3 is 2.26 bits per heavy atom. The minimum atomic E-state index is -0.674. The minimum Gasteiger partial charge on any atom is -0.500 e. The summed E-state index contributed by atoms with van der Waals surface area (Å²) in [6.07, 6.45) is 1.14. The molecule has 5 nitrogen and oxygen atoms in total. The maximum absolute atomic E-state index is 12.4. The molecule has 2 aromatic rings. The van der Waals surface area contributed by atoms with Crippen molar-refractivity contribution in [2.45, 2.75) is 0 Å². The van der Waals surface area contributed by atoms with Gasteiger partial charge in [0.05, 0.1) is 14.2 Å². The van der Waals surface area contributed by atoms with E-state index in [0.29, 0.717) is 16.9 Å². The average molecular weight is 312 g/mol. The first-order valence-corrected chi connectivity index (χ1v) is 6.84. The molecule has 2 aromatic carbocycles. The molecule has 0 aliphatic carbocycles. The molecule has 0 atom stereocenters. The molecular weight excluding hydrogens is 296 g/mol. The van der Waals surface area contributed by atoms with Crippen molar-refractivity contribution in [3.63, 3.8) is 0 Å².